The molecular formula is C20H28O2. The largest absolute Gasteiger partial charge is 0.355 e. The number of aryl methyl sites for hydroxylation is 1. The number of rotatable bonds is 3. The zero-order valence-electron chi connectivity index (χ0n) is 13.9. The Morgan fingerprint density at radius 1 is 1.05 bits per heavy atom. The third-order valence-electron chi connectivity index (χ3n) is 6.95. The molecule has 0 radical (unpaired) electrons. The van der Waals surface area contributed by atoms with Crippen LogP contribution in [-0.4, -0.2) is 20.5 Å². The fourth-order valence-electron chi connectivity index (χ4n) is 6.20. The van der Waals surface area contributed by atoms with E-state index < -0.39 is 0 Å². The van der Waals surface area contributed by atoms with Crippen LogP contribution in [0.5, 0.6) is 0 Å². The van der Waals surface area contributed by atoms with Gasteiger partial charge in [0.15, 0.2) is 6.29 Å². The lowest BCUT2D eigenvalue weighted by Crippen LogP contribution is -2.49. The van der Waals surface area contributed by atoms with Crippen LogP contribution >= 0.6 is 0 Å². The SMILES string of the molecule is COC(OC)[C@@]12CCC[C@H]1[C@@H]1CCc3ccccc3[C@H]1CC2. The van der Waals surface area contributed by atoms with E-state index in [2.05, 4.69) is 24.3 Å². The summed E-state index contributed by atoms with van der Waals surface area (Å²) in [5.74, 6) is 2.39. The number of benzene rings is 1. The first-order valence-corrected chi connectivity index (χ1v) is 8.93. The minimum atomic E-state index is -0.0156. The van der Waals surface area contributed by atoms with Crippen LogP contribution in [0.25, 0.3) is 0 Å². The zero-order valence-corrected chi connectivity index (χ0v) is 13.9. The van der Waals surface area contributed by atoms with E-state index in [4.69, 9.17) is 9.47 Å². The van der Waals surface area contributed by atoms with Gasteiger partial charge in [0, 0.05) is 19.6 Å². The predicted molar refractivity (Wildman–Crippen MR) is 87.8 cm³/mol. The first kappa shape index (κ1) is 14.7. The second kappa shape index (κ2) is 5.65. The molecular weight excluding hydrogens is 272 g/mol. The molecule has 2 nitrogen and oxygen atoms in total. The molecule has 2 heteroatoms. The van der Waals surface area contributed by atoms with Crippen LogP contribution in [0, 0.1) is 17.3 Å². The van der Waals surface area contributed by atoms with E-state index >= 15 is 0 Å². The zero-order chi connectivity index (χ0) is 15.2. The average Bonchev–Trinajstić information content (AvgIpc) is 3.00. The Morgan fingerprint density at radius 2 is 1.86 bits per heavy atom. The van der Waals surface area contributed by atoms with E-state index in [0.717, 1.165) is 17.8 Å². The van der Waals surface area contributed by atoms with Gasteiger partial charge in [0.05, 0.1) is 0 Å². The first-order chi connectivity index (χ1) is 10.8. The Kier molecular flexibility index (Phi) is 3.78. The van der Waals surface area contributed by atoms with Crippen LogP contribution in [-0.2, 0) is 15.9 Å². The average molecular weight is 300 g/mol. The Morgan fingerprint density at radius 3 is 2.68 bits per heavy atom. The van der Waals surface area contributed by atoms with E-state index in [0.29, 0.717) is 0 Å². The van der Waals surface area contributed by atoms with Crippen molar-refractivity contribution in [3.8, 4) is 0 Å². The molecule has 3 aliphatic rings. The minimum absolute atomic E-state index is 0.0156. The summed E-state index contributed by atoms with van der Waals surface area (Å²) in [4.78, 5) is 0. The number of ether oxygens (including phenoxy) is 2. The summed E-state index contributed by atoms with van der Waals surface area (Å²) in [7, 11) is 3.64. The maximum Gasteiger partial charge on any atom is 0.162 e. The molecule has 120 valence electrons. The fraction of sp³-hybridized carbons (Fsp3) is 0.700. The van der Waals surface area contributed by atoms with Crippen LogP contribution in [0.1, 0.15) is 55.6 Å². The molecule has 0 spiro atoms. The van der Waals surface area contributed by atoms with Crippen molar-refractivity contribution >= 4 is 0 Å². The van der Waals surface area contributed by atoms with Crippen molar-refractivity contribution in [1.82, 2.24) is 0 Å². The highest BCUT2D eigenvalue weighted by Gasteiger charge is 2.56. The summed E-state index contributed by atoms with van der Waals surface area (Å²) in [5.41, 5.74) is 3.52. The van der Waals surface area contributed by atoms with E-state index in [-0.39, 0.29) is 11.7 Å². The Labute approximate surface area is 134 Å². The van der Waals surface area contributed by atoms with Crippen molar-refractivity contribution in [2.75, 3.05) is 14.2 Å². The van der Waals surface area contributed by atoms with Crippen molar-refractivity contribution in [2.45, 2.75) is 57.2 Å². The standard InChI is InChI=1S/C20H28O2/c1-21-19(22-2)20-12-5-8-18(20)17-10-9-14-6-3-4-7-15(14)16(17)11-13-20/h3-4,6-7,16-19H,5,8-13H2,1-2H3/t16-,17-,18+,20-/m1/s1. The minimum Gasteiger partial charge on any atom is -0.355 e. The van der Waals surface area contributed by atoms with Crippen LogP contribution < -0.4 is 0 Å². The van der Waals surface area contributed by atoms with Gasteiger partial charge in [-0.1, -0.05) is 30.7 Å². The lowest BCUT2D eigenvalue weighted by atomic mass is 9.55. The molecule has 0 aliphatic heterocycles. The molecule has 2 saturated carbocycles. The highest BCUT2D eigenvalue weighted by atomic mass is 16.7. The fourth-order valence-corrected chi connectivity index (χ4v) is 6.20. The maximum atomic E-state index is 5.77. The highest BCUT2D eigenvalue weighted by molar-refractivity contribution is 5.34. The smallest absolute Gasteiger partial charge is 0.162 e. The van der Waals surface area contributed by atoms with Gasteiger partial charge in [-0.15, -0.1) is 0 Å². The van der Waals surface area contributed by atoms with Gasteiger partial charge in [0.1, 0.15) is 0 Å². The summed E-state index contributed by atoms with van der Waals surface area (Å²) in [6.07, 6.45) is 9.17. The topological polar surface area (TPSA) is 18.5 Å². The molecule has 2 fully saturated rings. The second-order valence-corrected chi connectivity index (χ2v) is 7.58. The number of hydrogen-bond donors (Lipinski definition) is 0. The molecule has 1 aromatic carbocycles. The molecule has 0 bridgehead atoms. The van der Waals surface area contributed by atoms with Crippen LogP contribution in [0.3, 0.4) is 0 Å². The summed E-state index contributed by atoms with van der Waals surface area (Å²) >= 11 is 0. The van der Waals surface area contributed by atoms with Gasteiger partial charge in [-0.25, -0.2) is 0 Å². The lowest BCUT2D eigenvalue weighted by Gasteiger charge is -2.52. The lowest BCUT2D eigenvalue weighted by molar-refractivity contribution is -0.209. The second-order valence-electron chi connectivity index (χ2n) is 7.58. The Hall–Kier alpha value is -0.860. The van der Waals surface area contributed by atoms with Crippen molar-refractivity contribution in [2.24, 2.45) is 17.3 Å². The van der Waals surface area contributed by atoms with Gasteiger partial charge in [0.2, 0.25) is 0 Å². The predicted octanol–water partition coefficient (Wildman–Crippen LogP) is 4.53. The molecule has 0 N–H and O–H groups in total. The summed E-state index contributed by atoms with van der Waals surface area (Å²) in [5, 5.41) is 0. The van der Waals surface area contributed by atoms with Gasteiger partial charge in [-0.3, -0.25) is 0 Å². The van der Waals surface area contributed by atoms with Gasteiger partial charge in [0.25, 0.3) is 0 Å². The molecule has 0 saturated heterocycles. The van der Waals surface area contributed by atoms with Gasteiger partial charge in [-0.2, -0.15) is 0 Å². The quantitative estimate of drug-likeness (QED) is 0.763. The molecule has 0 heterocycles. The van der Waals surface area contributed by atoms with Crippen LogP contribution in [0.4, 0.5) is 0 Å². The van der Waals surface area contributed by atoms with E-state index in [9.17, 15) is 0 Å². The number of fused-ring (bicyclic) bond motifs is 5. The monoisotopic (exact) mass is 300 g/mol. The Balaban J connectivity index is 1.68. The third kappa shape index (κ3) is 2.00. The summed E-state index contributed by atoms with van der Waals surface area (Å²) < 4.78 is 11.5. The van der Waals surface area contributed by atoms with Gasteiger partial charge < -0.3 is 9.47 Å². The molecule has 0 aromatic heterocycles. The highest BCUT2D eigenvalue weighted by Crippen LogP contribution is 2.62. The van der Waals surface area contributed by atoms with Crippen molar-refractivity contribution in [3.63, 3.8) is 0 Å². The molecule has 1 aromatic rings. The molecule has 0 amide bonds. The molecule has 0 unspecified atom stereocenters. The third-order valence-corrected chi connectivity index (χ3v) is 6.95. The van der Waals surface area contributed by atoms with Gasteiger partial charge >= 0.3 is 0 Å². The van der Waals surface area contributed by atoms with Crippen molar-refractivity contribution in [1.29, 1.82) is 0 Å². The van der Waals surface area contributed by atoms with Gasteiger partial charge in [-0.05, 0) is 67.4 Å². The normalized spacial score (nSPS) is 36.8. The van der Waals surface area contributed by atoms with E-state index in [1.54, 1.807) is 11.1 Å². The first-order valence-electron chi connectivity index (χ1n) is 8.93. The summed E-state index contributed by atoms with van der Waals surface area (Å²) in [6.45, 7) is 0. The van der Waals surface area contributed by atoms with Crippen molar-refractivity contribution in [3.05, 3.63) is 35.4 Å². The van der Waals surface area contributed by atoms with Crippen LogP contribution in [0.2, 0.25) is 0 Å². The van der Waals surface area contributed by atoms with E-state index in [1.165, 1.54) is 44.9 Å². The Bertz CT molecular complexity index is 536. The molecule has 3 aliphatic carbocycles. The maximum absolute atomic E-state index is 5.77. The molecule has 4 rings (SSSR count). The molecule has 22 heavy (non-hydrogen) atoms. The van der Waals surface area contributed by atoms with Crippen molar-refractivity contribution < 1.29 is 9.47 Å². The number of methoxy groups -OCH3 is 2. The summed E-state index contributed by atoms with van der Waals surface area (Å²) in [6, 6.07) is 9.16. The molecule has 4 atom stereocenters. The van der Waals surface area contributed by atoms with E-state index in [1.807, 2.05) is 14.2 Å². The number of hydrogen-bond acceptors (Lipinski definition) is 2. The van der Waals surface area contributed by atoms with Crippen LogP contribution in [0.15, 0.2) is 24.3 Å².